The second-order valence-electron chi connectivity index (χ2n) is 5.16. The fourth-order valence-electron chi connectivity index (χ4n) is 2.72. The van der Waals surface area contributed by atoms with Crippen molar-refractivity contribution in [2.24, 2.45) is 5.92 Å². The van der Waals surface area contributed by atoms with E-state index < -0.39 is 0 Å². The largest absolute Gasteiger partial charge is 0.496 e. The Bertz CT molecular complexity index is 483. The van der Waals surface area contributed by atoms with Crippen LogP contribution in [0.15, 0.2) is 22.7 Å². The van der Waals surface area contributed by atoms with Gasteiger partial charge in [0.05, 0.1) is 12.7 Å². The zero-order valence-electron chi connectivity index (χ0n) is 12.4. The number of carbonyl (C=O) groups is 1. The van der Waals surface area contributed by atoms with Crippen molar-refractivity contribution in [3.63, 3.8) is 0 Å². The van der Waals surface area contributed by atoms with Crippen LogP contribution in [0.2, 0.25) is 0 Å². The van der Waals surface area contributed by atoms with E-state index in [1.54, 1.807) is 7.11 Å². The van der Waals surface area contributed by atoms with Gasteiger partial charge in [-0.15, -0.1) is 12.4 Å². The van der Waals surface area contributed by atoms with E-state index in [-0.39, 0.29) is 18.3 Å². The molecule has 118 valence electrons. The van der Waals surface area contributed by atoms with E-state index in [9.17, 15) is 4.79 Å². The molecule has 1 unspecified atom stereocenters. The van der Waals surface area contributed by atoms with E-state index >= 15 is 0 Å². The van der Waals surface area contributed by atoms with E-state index in [2.05, 4.69) is 21.2 Å². The van der Waals surface area contributed by atoms with E-state index in [4.69, 9.17) is 4.74 Å². The Hall–Kier alpha value is -0.780. The van der Waals surface area contributed by atoms with Crippen molar-refractivity contribution in [2.75, 3.05) is 33.8 Å². The maximum Gasteiger partial charge on any atom is 0.257 e. The Morgan fingerprint density at radius 2 is 2.29 bits per heavy atom. The fourth-order valence-corrected chi connectivity index (χ4v) is 3.06. The van der Waals surface area contributed by atoms with Crippen molar-refractivity contribution >= 4 is 34.2 Å². The molecule has 0 spiro atoms. The molecule has 1 fully saturated rings. The van der Waals surface area contributed by atoms with Crippen molar-refractivity contribution in [2.45, 2.75) is 12.8 Å². The Kier molecular flexibility index (Phi) is 7.49. The lowest BCUT2D eigenvalue weighted by molar-refractivity contribution is 0.0671. The summed E-state index contributed by atoms with van der Waals surface area (Å²) >= 11 is 3.40. The number of halogens is 2. The third-order valence-corrected chi connectivity index (χ3v) is 4.19. The van der Waals surface area contributed by atoms with E-state index in [1.165, 1.54) is 6.42 Å². The molecule has 1 aliphatic heterocycles. The highest BCUT2D eigenvalue weighted by Gasteiger charge is 2.25. The smallest absolute Gasteiger partial charge is 0.257 e. The number of nitrogens with one attached hydrogen (secondary N) is 1. The SMILES string of the molecule is CNCC1CCCN(C(=O)c2ccc(Br)cc2OC)C1.Cl. The highest BCUT2D eigenvalue weighted by atomic mass is 79.9. The van der Waals surface area contributed by atoms with E-state index in [0.29, 0.717) is 17.2 Å². The summed E-state index contributed by atoms with van der Waals surface area (Å²) in [4.78, 5) is 14.6. The van der Waals surface area contributed by atoms with Gasteiger partial charge in [-0.25, -0.2) is 0 Å². The monoisotopic (exact) mass is 376 g/mol. The molecule has 0 saturated carbocycles. The maximum atomic E-state index is 12.7. The van der Waals surface area contributed by atoms with Gasteiger partial charge in [0.2, 0.25) is 0 Å². The molecule has 1 aliphatic rings. The third-order valence-electron chi connectivity index (χ3n) is 3.69. The van der Waals surface area contributed by atoms with Crippen LogP contribution < -0.4 is 10.1 Å². The normalized spacial score (nSPS) is 18.0. The number of carbonyl (C=O) groups excluding carboxylic acids is 1. The van der Waals surface area contributed by atoms with Crippen molar-refractivity contribution < 1.29 is 9.53 Å². The summed E-state index contributed by atoms with van der Waals surface area (Å²) in [5.74, 6) is 1.23. The van der Waals surface area contributed by atoms with Crippen LogP contribution in [0.1, 0.15) is 23.2 Å². The molecule has 1 atom stereocenters. The van der Waals surface area contributed by atoms with Gasteiger partial charge in [0.25, 0.3) is 5.91 Å². The van der Waals surface area contributed by atoms with Crippen LogP contribution in [0.5, 0.6) is 5.75 Å². The standard InChI is InChI=1S/C15H21BrN2O2.ClH/c1-17-9-11-4-3-7-18(10-11)15(19)13-6-5-12(16)8-14(13)20-2;/h5-6,8,11,17H,3-4,7,9-10H2,1-2H3;1H. The van der Waals surface area contributed by atoms with Gasteiger partial charge >= 0.3 is 0 Å². The van der Waals surface area contributed by atoms with Crippen LogP contribution >= 0.6 is 28.3 Å². The number of likely N-dealkylation sites (tertiary alicyclic amines) is 1. The number of amides is 1. The Morgan fingerprint density at radius 3 is 2.95 bits per heavy atom. The van der Waals surface area contributed by atoms with Gasteiger partial charge in [-0.3, -0.25) is 4.79 Å². The van der Waals surface area contributed by atoms with Gasteiger partial charge < -0.3 is 15.0 Å². The molecule has 1 N–H and O–H groups in total. The number of benzene rings is 1. The topological polar surface area (TPSA) is 41.6 Å². The fraction of sp³-hybridized carbons (Fsp3) is 0.533. The van der Waals surface area contributed by atoms with Gasteiger partial charge in [0.15, 0.2) is 0 Å². The Balaban J connectivity index is 0.00000220. The zero-order valence-corrected chi connectivity index (χ0v) is 14.8. The number of nitrogens with zero attached hydrogens (tertiary/aromatic N) is 1. The molecule has 1 aromatic carbocycles. The molecule has 0 radical (unpaired) electrons. The molecule has 0 bridgehead atoms. The van der Waals surface area contributed by atoms with Crippen LogP contribution in [0.25, 0.3) is 0 Å². The number of hydrogen-bond donors (Lipinski definition) is 1. The number of piperidine rings is 1. The van der Waals surface area contributed by atoms with Crippen molar-refractivity contribution in [1.82, 2.24) is 10.2 Å². The minimum atomic E-state index is 0. The number of hydrogen-bond acceptors (Lipinski definition) is 3. The third kappa shape index (κ3) is 4.59. The second kappa shape index (κ2) is 8.61. The van der Waals surface area contributed by atoms with Crippen molar-refractivity contribution in [3.05, 3.63) is 28.2 Å². The van der Waals surface area contributed by atoms with Gasteiger partial charge in [-0.1, -0.05) is 15.9 Å². The molecule has 4 nitrogen and oxygen atoms in total. The summed E-state index contributed by atoms with van der Waals surface area (Å²) in [7, 11) is 3.55. The molecule has 1 aromatic rings. The molecule has 0 aromatic heterocycles. The minimum absolute atomic E-state index is 0. The van der Waals surface area contributed by atoms with Crippen molar-refractivity contribution in [3.8, 4) is 5.75 Å². The predicted molar refractivity (Wildman–Crippen MR) is 90.5 cm³/mol. The van der Waals surface area contributed by atoms with Gasteiger partial charge in [-0.2, -0.15) is 0 Å². The molecule has 0 aliphatic carbocycles. The lowest BCUT2D eigenvalue weighted by Gasteiger charge is -2.33. The number of ether oxygens (including phenoxy) is 1. The average molecular weight is 378 g/mol. The summed E-state index contributed by atoms with van der Waals surface area (Å²) in [6.45, 7) is 2.61. The first-order valence-corrected chi connectivity index (χ1v) is 7.72. The molecule has 1 heterocycles. The summed E-state index contributed by atoms with van der Waals surface area (Å²) in [6, 6.07) is 5.54. The van der Waals surface area contributed by atoms with Gasteiger partial charge in [0.1, 0.15) is 5.75 Å². The summed E-state index contributed by atoms with van der Waals surface area (Å²) in [6.07, 6.45) is 2.25. The van der Waals surface area contributed by atoms with Crippen LogP contribution in [-0.2, 0) is 0 Å². The van der Waals surface area contributed by atoms with Crippen LogP contribution in [-0.4, -0.2) is 44.6 Å². The zero-order chi connectivity index (χ0) is 14.5. The molecular formula is C15H22BrClN2O2. The minimum Gasteiger partial charge on any atom is -0.496 e. The molecule has 2 rings (SSSR count). The predicted octanol–water partition coefficient (Wildman–Crippen LogP) is 2.95. The molecule has 21 heavy (non-hydrogen) atoms. The summed E-state index contributed by atoms with van der Waals surface area (Å²) < 4.78 is 6.24. The van der Waals surface area contributed by atoms with Gasteiger partial charge in [-0.05, 0) is 50.6 Å². The maximum absolute atomic E-state index is 12.7. The van der Waals surface area contributed by atoms with Gasteiger partial charge in [0, 0.05) is 17.6 Å². The lowest BCUT2D eigenvalue weighted by atomic mass is 9.97. The number of methoxy groups -OCH3 is 1. The number of rotatable bonds is 4. The quantitative estimate of drug-likeness (QED) is 0.877. The molecule has 1 saturated heterocycles. The second-order valence-corrected chi connectivity index (χ2v) is 6.08. The van der Waals surface area contributed by atoms with Crippen molar-refractivity contribution in [1.29, 1.82) is 0 Å². The van der Waals surface area contributed by atoms with Crippen LogP contribution in [0, 0.1) is 5.92 Å². The Labute approximate surface area is 140 Å². The Morgan fingerprint density at radius 1 is 1.52 bits per heavy atom. The van der Waals surface area contributed by atoms with Crippen LogP contribution in [0.4, 0.5) is 0 Å². The lowest BCUT2D eigenvalue weighted by Crippen LogP contribution is -2.42. The first-order valence-electron chi connectivity index (χ1n) is 6.93. The first-order chi connectivity index (χ1) is 9.65. The first kappa shape index (κ1) is 18.3. The molecule has 1 amide bonds. The average Bonchev–Trinajstić information content (AvgIpc) is 2.47. The van der Waals surface area contributed by atoms with Crippen LogP contribution in [0.3, 0.4) is 0 Å². The highest BCUT2D eigenvalue weighted by Crippen LogP contribution is 2.26. The molecule has 6 heteroatoms. The summed E-state index contributed by atoms with van der Waals surface area (Å²) in [5.41, 5.74) is 0.640. The molecular weight excluding hydrogens is 356 g/mol. The highest BCUT2D eigenvalue weighted by molar-refractivity contribution is 9.10. The van der Waals surface area contributed by atoms with E-state index in [0.717, 1.165) is 30.5 Å². The summed E-state index contributed by atoms with van der Waals surface area (Å²) in [5, 5.41) is 3.20. The van der Waals surface area contributed by atoms with E-state index in [1.807, 2.05) is 30.1 Å².